The van der Waals surface area contributed by atoms with Crippen LogP contribution in [0.3, 0.4) is 0 Å². The maximum atomic E-state index is 12.7. The molecular weight excluding hydrogens is 344 g/mol. The Morgan fingerprint density at radius 3 is 2.58 bits per heavy atom. The zero-order valence-corrected chi connectivity index (χ0v) is 15.0. The van der Waals surface area contributed by atoms with Crippen molar-refractivity contribution in [2.75, 3.05) is 5.32 Å². The van der Waals surface area contributed by atoms with E-state index < -0.39 is 0 Å². The number of aryl methyl sites for hydroxylation is 1. The molecule has 0 saturated heterocycles. The summed E-state index contributed by atoms with van der Waals surface area (Å²) in [7, 11) is 0. The number of carbonyl (C=O) groups excluding carboxylic acids is 2. The summed E-state index contributed by atoms with van der Waals surface area (Å²) in [5.74, 6) is -0.284. The van der Waals surface area contributed by atoms with Gasteiger partial charge in [-0.1, -0.05) is 23.7 Å². The molecule has 0 unspecified atom stereocenters. The number of nitrogens with one attached hydrogen (secondary N) is 2. The van der Waals surface area contributed by atoms with E-state index in [1.54, 1.807) is 12.1 Å². The van der Waals surface area contributed by atoms with Crippen LogP contribution in [0.5, 0.6) is 0 Å². The van der Waals surface area contributed by atoms with Gasteiger partial charge in [0, 0.05) is 23.4 Å². The van der Waals surface area contributed by atoms with Crippen molar-refractivity contribution in [3.63, 3.8) is 0 Å². The van der Waals surface area contributed by atoms with Crippen molar-refractivity contribution in [1.29, 1.82) is 0 Å². The van der Waals surface area contributed by atoms with Gasteiger partial charge in [0.25, 0.3) is 5.91 Å². The van der Waals surface area contributed by atoms with Crippen LogP contribution in [0.25, 0.3) is 0 Å². The van der Waals surface area contributed by atoms with Crippen LogP contribution in [0.15, 0.2) is 24.3 Å². The molecule has 0 saturated carbocycles. The second-order valence-corrected chi connectivity index (χ2v) is 7.45. The first-order valence-electron chi connectivity index (χ1n) is 7.99. The zero-order valence-electron chi connectivity index (χ0n) is 13.4. The lowest BCUT2D eigenvalue weighted by molar-refractivity contribution is -0.114. The van der Waals surface area contributed by atoms with Crippen molar-refractivity contribution in [2.24, 2.45) is 0 Å². The third-order valence-corrected chi connectivity index (χ3v) is 5.51. The fraction of sp³-hybridized carbons (Fsp3) is 0.333. The van der Waals surface area contributed by atoms with Crippen molar-refractivity contribution >= 4 is 39.8 Å². The standard InChI is InChI=1S/C18H19ClN2O2S/c1-11(22)21-18-16(14-4-2-3-5-15(14)24-18)17(23)20-10-12-6-8-13(19)9-7-12/h6-9H,2-5,10H2,1H3,(H,20,23)(H,21,22). The van der Waals surface area contributed by atoms with Crippen LogP contribution in [0.4, 0.5) is 5.00 Å². The number of fused-ring (bicyclic) bond motifs is 1. The van der Waals surface area contributed by atoms with Gasteiger partial charge in [-0.25, -0.2) is 0 Å². The highest BCUT2D eigenvalue weighted by Gasteiger charge is 2.25. The van der Waals surface area contributed by atoms with Gasteiger partial charge in [0.05, 0.1) is 5.56 Å². The Morgan fingerprint density at radius 2 is 1.88 bits per heavy atom. The van der Waals surface area contributed by atoms with Crippen LogP contribution in [-0.2, 0) is 24.2 Å². The van der Waals surface area contributed by atoms with Crippen molar-refractivity contribution in [1.82, 2.24) is 5.32 Å². The van der Waals surface area contributed by atoms with Crippen LogP contribution in [0.1, 0.15) is 46.1 Å². The summed E-state index contributed by atoms with van der Waals surface area (Å²) in [4.78, 5) is 25.4. The number of rotatable bonds is 4. The predicted molar refractivity (Wildman–Crippen MR) is 97.9 cm³/mol. The number of amides is 2. The minimum atomic E-state index is -0.152. The number of halogens is 1. The average molecular weight is 363 g/mol. The number of benzene rings is 1. The normalized spacial score (nSPS) is 13.2. The van der Waals surface area contributed by atoms with E-state index in [-0.39, 0.29) is 11.8 Å². The molecule has 0 fully saturated rings. The van der Waals surface area contributed by atoms with E-state index in [1.807, 2.05) is 12.1 Å². The van der Waals surface area contributed by atoms with Gasteiger partial charge in [-0.05, 0) is 48.9 Å². The average Bonchev–Trinajstić information content (AvgIpc) is 2.91. The Labute approximate surface area is 150 Å². The molecule has 0 spiro atoms. The molecule has 126 valence electrons. The minimum absolute atomic E-state index is 0.131. The molecule has 1 aromatic carbocycles. The molecule has 2 aromatic rings. The summed E-state index contributed by atoms with van der Waals surface area (Å²) in [6, 6.07) is 7.39. The Balaban J connectivity index is 1.81. The Morgan fingerprint density at radius 1 is 1.17 bits per heavy atom. The molecule has 1 aliphatic rings. The van der Waals surface area contributed by atoms with E-state index in [1.165, 1.54) is 23.1 Å². The quantitative estimate of drug-likeness (QED) is 0.857. The molecular formula is C18H19ClN2O2S. The molecule has 0 aliphatic heterocycles. The largest absolute Gasteiger partial charge is 0.348 e. The van der Waals surface area contributed by atoms with Gasteiger partial charge in [-0.2, -0.15) is 0 Å². The van der Waals surface area contributed by atoms with Gasteiger partial charge in [0.15, 0.2) is 0 Å². The second kappa shape index (κ2) is 7.36. The summed E-state index contributed by atoms with van der Waals surface area (Å²) < 4.78 is 0. The van der Waals surface area contributed by atoms with Crippen molar-refractivity contribution < 1.29 is 9.59 Å². The van der Waals surface area contributed by atoms with Gasteiger partial charge in [-0.15, -0.1) is 11.3 Å². The molecule has 0 atom stereocenters. The molecule has 1 aliphatic carbocycles. The second-order valence-electron chi connectivity index (χ2n) is 5.91. The van der Waals surface area contributed by atoms with Crippen LogP contribution in [-0.4, -0.2) is 11.8 Å². The SMILES string of the molecule is CC(=O)Nc1sc2c(c1C(=O)NCc1ccc(Cl)cc1)CCCC2. The maximum absolute atomic E-state index is 12.7. The van der Waals surface area contributed by atoms with E-state index in [4.69, 9.17) is 11.6 Å². The van der Waals surface area contributed by atoms with Crippen LogP contribution in [0.2, 0.25) is 5.02 Å². The van der Waals surface area contributed by atoms with Crippen molar-refractivity contribution in [3.05, 3.63) is 50.9 Å². The molecule has 6 heteroatoms. The van der Waals surface area contributed by atoms with Gasteiger partial charge in [0.2, 0.25) is 5.91 Å². The molecule has 1 aromatic heterocycles. The molecule has 24 heavy (non-hydrogen) atoms. The molecule has 1 heterocycles. The Bertz CT molecular complexity index is 768. The first-order valence-corrected chi connectivity index (χ1v) is 9.19. The lowest BCUT2D eigenvalue weighted by atomic mass is 9.95. The summed E-state index contributed by atoms with van der Waals surface area (Å²) >= 11 is 7.41. The van der Waals surface area contributed by atoms with Crippen molar-refractivity contribution in [3.8, 4) is 0 Å². The van der Waals surface area contributed by atoms with E-state index in [0.717, 1.165) is 36.8 Å². The van der Waals surface area contributed by atoms with Gasteiger partial charge in [0.1, 0.15) is 5.00 Å². The first-order chi connectivity index (χ1) is 11.5. The smallest absolute Gasteiger partial charge is 0.254 e. The number of hydrogen-bond donors (Lipinski definition) is 2. The predicted octanol–water partition coefficient (Wildman–Crippen LogP) is 4.17. The number of anilines is 1. The fourth-order valence-corrected chi connectivity index (χ4v) is 4.39. The van der Waals surface area contributed by atoms with E-state index >= 15 is 0 Å². The minimum Gasteiger partial charge on any atom is -0.348 e. The Hall–Kier alpha value is -1.85. The van der Waals surface area contributed by atoms with Crippen LogP contribution >= 0.6 is 22.9 Å². The fourth-order valence-electron chi connectivity index (χ4n) is 2.93. The lowest BCUT2D eigenvalue weighted by Crippen LogP contribution is -2.25. The number of thiophene rings is 1. The van der Waals surface area contributed by atoms with Crippen LogP contribution in [0, 0.1) is 0 Å². The summed E-state index contributed by atoms with van der Waals surface area (Å²) in [5.41, 5.74) is 2.72. The zero-order chi connectivity index (χ0) is 17.1. The number of carbonyl (C=O) groups is 2. The topological polar surface area (TPSA) is 58.2 Å². The summed E-state index contributed by atoms with van der Waals surface area (Å²) in [5, 5.41) is 7.12. The third kappa shape index (κ3) is 3.79. The van der Waals surface area contributed by atoms with Gasteiger partial charge < -0.3 is 10.6 Å². The van der Waals surface area contributed by atoms with Crippen molar-refractivity contribution in [2.45, 2.75) is 39.2 Å². The number of hydrogen-bond acceptors (Lipinski definition) is 3. The molecule has 2 N–H and O–H groups in total. The Kier molecular flexibility index (Phi) is 5.21. The monoisotopic (exact) mass is 362 g/mol. The van der Waals surface area contributed by atoms with E-state index in [2.05, 4.69) is 10.6 Å². The van der Waals surface area contributed by atoms with E-state index in [9.17, 15) is 9.59 Å². The maximum Gasteiger partial charge on any atom is 0.254 e. The highest BCUT2D eigenvalue weighted by Crippen LogP contribution is 2.38. The van der Waals surface area contributed by atoms with E-state index in [0.29, 0.717) is 22.1 Å². The van der Waals surface area contributed by atoms with Crippen LogP contribution < -0.4 is 10.6 Å². The third-order valence-electron chi connectivity index (χ3n) is 4.05. The molecule has 0 bridgehead atoms. The lowest BCUT2D eigenvalue weighted by Gasteiger charge is -2.13. The first kappa shape index (κ1) is 17.0. The van der Waals surface area contributed by atoms with Gasteiger partial charge >= 0.3 is 0 Å². The molecule has 3 rings (SSSR count). The molecule has 2 amide bonds. The summed E-state index contributed by atoms with van der Waals surface area (Å²) in [6.45, 7) is 1.90. The van der Waals surface area contributed by atoms with Gasteiger partial charge in [-0.3, -0.25) is 9.59 Å². The summed E-state index contributed by atoms with van der Waals surface area (Å²) in [6.07, 6.45) is 4.10. The highest BCUT2D eigenvalue weighted by atomic mass is 35.5. The molecule has 4 nitrogen and oxygen atoms in total. The highest BCUT2D eigenvalue weighted by molar-refractivity contribution is 7.17. The molecule has 0 radical (unpaired) electrons.